The lowest BCUT2D eigenvalue weighted by molar-refractivity contribution is -0.0270. The van der Waals surface area contributed by atoms with Gasteiger partial charge in [0.25, 0.3) is 0 Å². The molecule has 2 saturated heterocycles. The normalized spacial score (nSPS) is 48.0. The van der Waals surface area contributed by atoms with Crippen LogP contribution in [0.15, 0.2) is 0 Å². The quantitative estimate of drug-likeness (QED) is 0.442. The van der Waals surface area contributed by atoms with Crippen LogP contribution in [-0.4, -0.2) is 19.0 Å². The summed E-state index contributed by atoms with van der Waals surface area (Å²) in [7, 11) is 0. The van der Waals surface area contributed by atoms with Crippen molar-refractivity contribution in [2.24, 2.45) is 0 Å². The summed E-state index contributed by atoms with van der Waals surface area (Å²) >= 11 is 0. The fourth-order valence-corrected chi connectivity index (χ4v) is 1.13. The van der Waals surface area contributed by atoms with E-state index in [1.165, 1.54) is 6.42 Å². The molecule has 0 saturated carbocycles. The fraction of sp³-hybridized carbons (Fsp3) is 1.00. The molecule has 40 valence electrons. The maximum atomic E-state index is 5.25. The van der Waals surface area contributed by atoms with E-state index in [2.05, 4.69) is 0 Å². The van der Waals surface area contributed by atoms with Crippen molar-refractivity contribution in [2.75, 3.05) is 6.61 Å². The van der Waals surface area contributed by atoms with Crippen LogP contribution in [0.25, 0.3) is 0 Å². The zero-order valence-corrected chi connectivity index (χ0v) is 4.09. The number of ether oxygens (including phenoxy) is 2. The number of hydrogen-bond donors (Lipinski definition) is 0. The largest absolute Gasteiger partial charge is 0.350 e. The highest BCUT2D eigenvalue weighted by Gasteiger charge is 2.32. The van der Waals surface area contributed by atoms with E-state index in [4.69, 9.17) is 9.47 Å². The van der Waals surface area contributed by atoms with E-state index in [0.717, 1.165) is 13.0 Å². The SMILES string of the molecule is C1C[C@@H]2OC[C@@H]1O2. The molecule has 2 rings (SSSR count). The molecule has 2 heteroatoms. The lowest BCUT2D eigenvalue weighted by atomic mass is 10.2. The van der Waals surface area contributed by atoms with Gasteiger partial charge in [-0.3, -0.25) is 0 Å². The summed E-state index contributed by atoms with van der Waals surface area (Å²) in [6.07, 6.45) is 2.95. The fourth-order valence-electron chi connectivity index (χ4n) is 1.13. The summed E-state index contributed by atoms with van der Waals surface area (Å²) in [5.74, 6) is 0. The number of rotatable bonds is 0. The third-order valence-corrected chi connectivity index (χ3v) is 1.54. The molecule has 0 amide bonds. The number of fused-ring (bicyclic) bond motifs is 2. The molecule has 2 atom stereocenters. The maximum absolute atomic E-state index is 5.25. The third kappa shape index (κ3) is 0.469. The van der Waals surface area contributed by atoms with Gasteiger partial charge in [-0.1, -0.05) is 0 Å². The summed E-state index contributed by atoms with van der Waals surface area (Å²) < 4.78 is 10.4. The molecule has 0 spiro atoms. The van der Waals surface area contributed by atoms with E-state index in [-0.39, 0.29) is 6.29 Å². The highest BCUT2D eigenvalue weighted by molar-refractivity contribution is 4.73. The first kappa shape index (κ1) is 3.87. The molecule has 0 aromatic heterocycles. The van der Waals surface area contributed by atoms with Crippen molar-refractivity contribution >= 4 is 0 Å². The molecule has 2 aliphatic heterocycles. The summed E-state index contributed by atoms with van der Waals surface area (Å²) in [5.41, 5.74) is 0. The molecule has 0 aromatic rings. The zero-order valence-electron chi connectivity index (χ0n) is 4.09. The highest BCUT2D eigenvalue weighted by Crippen LogP contribution is 2.27. The van der Waals surface area contributed by atoms with Gasteiger partial charge >= 0.3 is 0 Å². The second-order valence-electron chi connectivity index (χ2n) is 2.10. The van der Waals surface area contributed by atoms with Crippen molar-refractivity contribution < 1.29 is 9.47 Å². The van der Waals surface area contributed by atoms with E-state index in [9.17, 15) is 0 Å². The van der Waals surface area contributed by atoms with Crippen molar-refractivity contribution in [3.05, 3.63) is 0 Å². The average molecular weight is 100 g/mol. The Balaban J connectivity index is 2.12. The third-order valence-electron chi connectivity index (χ3n) is 1.54. The van der Waals surface area contributed by atoms with Gasteiger partial charge in [-0.25, -0.2) is 0 Å². The number of hydrogen-bond acceptors (Lipinski definition) is 2. The Morgan fingerprint density at radius 2 is 2.29 bits per heavy atom. The summed E-state index contributed by atoms with van der Waals surface area (Å²) in [6.45, 7) is 0.838. The lowest BCUT2D eigenvalue weighted by Crippen LogP contribution is -2.08. The minimum Gasteiger partial charge on any atom is -0.350 e. The molecular weight excluding hydrogens is 92.1 g/mol. The monoisotopic (exact) mass is 100 g/mol. The van der Waals surface area contributed by atoms with Gasteiger partial charge in [-0.2, -0.15) is 0 Å². The second-order valence-corrected chi connectivity index (χ2v) is 2.10. The highest BCUT2D eigenvalue weighted by atomic mass is 16.7. The molecule has 0 unspecified atom stereocenters. The van der Waals surface area contributed by atoms with E-state index in [0.29, 0.717) is 6.10 Å². The van der Waals surface area contributed by atoms with Crippen molar-refractivity contribution in [1.29, 1.82) is 0 Å². The first-order valence-electron chi connectivity index (χ1n) is 2.72. The van der Waals surface area contributed by atoms with E-state index in [1.54, 1.807) is 0 Å². The van der Waals surface area contributed by atoms with Crippen LogP contribution in [0.4, 0.5) is 0 Å². The molecule has 0 N–H and O–H groups in total. The van der Waals surface area contributed by atoms with Crippen LogP contribution in [0.1, 0.15) is 12.8 Å². The second kappa shape index (κ2) is 1.20. The Bertz CT molecular complexity index is 64.1. The Labute approximate surface area is 42.4 Å². The first-order valence-corrected chi connectivity index (χ1v) is 2.72. The van der Waals surface area contributed by atoms with Gasteiger partial charge in [0.2, 0.25) is 0 Å². The van der Waals surface area contributed by atoms with Gasteiger partial charge in [0, 0.05) is 6.42 Å². The molecule has 0 aliphatic carbocycles. The molecule has 2 aliphatic rings. The Morgan fingerprint density at radius 3 is 2.43 bits per heavy atom. The molecule has 2 heterocycles. The molecule has 0 aromatic carbocycles. The maximum Gasteiger partial charge on any atom is 0.158 e. The van der Waals surface area contributed by atoms with E-state index >= 15 is 0 Å². The smallest absolute Gasteiger partial charge is 0.158 e. The van der Waals surface area contributed by atoms with Crippen LogP contribution in [0, 0.1) is 0 Å². The van der Waals surface area contributed by atoms with Crippen LogP contribution in [-0.2, 0) is 9.47 Å². The molecular formula is C5H8O2. The molecule has 2 nitrogen and oxygen atoms in total. The van der Waals surface area contributed by atoms with Crippen LogP contribution < -0.4 is 0 Å². The molecule has 2 bridgehead atoms. The van der Waals surface area contributed by atoms with Crippen LogP contribution in [0.3, 0.4) is 0 Å². The van der Waals surface area contributed by atoms with E-state index < -0.39 is 0 Å². The van der Waals surface area contributed by atoms with Crippen molar-refractivity contribution in [3.8, 4) is 0 Å². The lowest BCUT2D eigenvalue weighted by Gasteiger charge is -2.02. The van der Waals surface area contributed by atoms with Crippen LogP contribution >= 0.6 is 0 Å². The topological polar surface area (TPSA) is 18.5 Å². The van der Waals surface area contributed by atoms with Crippen LogP contribution in [0.5, 0.6) is 0 Å². The predicted molar refractivity (Wildman–Crippen MR) is 23.8 cm³/mol. The van der Waals surface area contributed by atoms with Crippen LogP contribution in [0.2, 0.25) is 0 Å². The van der Waals surface area contributed by atoms with Gasteiger partial charge < -0.3 is 9.47 Å². The standard InChI is InChI=1S/C5H8O2/c1-2-5-6-3-4(1)7-5/h4-5H,1-3H2/t4-,5-/m1/s1. The van der Waals surface area contributed by atoms with E-state index in [1.807, 2.05) is 0 Å². The van der Waals surface area contributed by atoms with Gasteiger partial charge in [0.05, 0.1) is 12.7 Å². The van der Waals surface area contributed by atoms with Gasteiger partial charge in [-0.05, 0) is 6.42 Å². The molecule has 7 heavy (non-hydrogen) atoms. The van der Waals surface area contributed by atoms with Gasteiger partial charge in [0.1, 0.15) is 0 Å². The Kier molecular flexibility index (Phi) is 0.664. The Morgan fingerprint density at radius 1 is 1.29 bits per heavy atom. The summed E-state index contributed by atoms with van der Waals surface area (Å²) in [5, 5.41) is 0. The summed E-state index contributed by atoms with van der Waals surface area (Å²) in [4.78, 5) is 0. The van der Waals surface area contributed by atoms with Gasteiger partial charge in [0.15, 0.2) is 6.29 Å². The van der Waals surface area contributed by atoms with Crippen molar-refractivity contribution in [1.82, 2.24) is 0 Å². The van der Waals surface area contributed by atoms with Crippen molar-refractivity contribution in [2.45, 2.75) is 25.2 Å². The minimum atomic E-state index is 0.171. The molecule has 0 radical (unpaired) electrons. The molecule has 2 fully saturated rings. The predicted octanol–water partition coefficient (Wildman–Crippen LogP) is 0.522. The minimum absolute atomic E-state index is 0.171. The summed E-state index contributed by atoms with van der Waals surface area (Å²) in [6, 6.07) is 0. The zero-order chi connectivity index (χ0) is 4.69. The van der Waals surface area contributed by atoms with Gasteiger partial charge in [-0.15, -0.1) is 0 Å². The first-order chi connectivity index (χ1) is 3.45. The Hall–Kier alpha value is -0.0800. The van der Waals surface area contributed by atoms with Crippen molar-refractivity contribution in [3.63, 3.8) is 0 Å². The average Bonchev–Trinajstić information content (AvgIpc) is 2.22.